The fraction of sp³-hybridized carbons (Fsp3) is 0.318. The van der Waals surface area contributed by atoms with Crippen molar-refractivity contribution in [2.75, 3.05) is 26.2 Å². The molecule has 32 heavy (non-hydrogen) atoms. The van der Waals surface area contributed by atoms with Crippen molar-refractivity contribution in [1.82, 2.24) is 14.8 Å². The molecular weight excluding hydrogens is 443 g/mol. The molecule has 1 aliphatic rings. The first-order valence-electron chi connectivity index (χ1n) is 9.97. The van der Waals surface area contributed by atoms with Crippen LogP contribution in [0, 0.1) is 6.92 Å². The Morgan fingerprint density at radius 1 is 1.09 bits per heavy atom. The van der Waals surface area contributed by atoms with Gasteiger partial charge in [0.2, 0.25) is 11.8 Å². The Morgan fingerprint density at radius 3 is 2.47 bits per heavy atom. The van der Waals surface area contributed by atoms with Crippen molar-refractivity contribution in [2.24, 2.45) is 0 Å². The lowest BCUT2D eigenvalue weighted by molar-refractivity contribution is -0.137. The first kappa shape index (κ1) is 22.1. The number of hydrogen-bond acceptors (Lipinski definition) is 5. The maximum absolute atomic E-state index is 12.9. The summed E-state index contributed by atoms with van der Waals surface area (Å²) in [6.45, 7) is 2.87. The Kier molecular flexibility index (Phi) is 6.05. The van der Waals surface area contributed by atoms with E-state index in [1.54, 1.807) is 11.8 Å². The molecule has 4 rings (SSSR count). The van der Waals surface area contributed by atoms with Gasteiger partial charge in [0.25, 0.3) is 5.91 Å². The van der Waals surface area contributed by atoms with Crippen LogP contribution >= 0.6 is 11.3 Å². The second-order valence-electron chi connectivity index (χ2n) is 7.43. The molecule has 0 radical (unpaired) electrons. The zero-order valence-corrected chi connectivity index (χ0v) is 18.0. The second kappa shape index (κ2) is 8.78. The van der Waals surface area contributed by atoms with Crippen molar-refractivity contribution in [3.8, 4) is 10.8 Å². The van der Waals surface area contributed by atoms with E-state index in [2.05, 4.69) is 4.98 Å². The van der Waals surface area contributed by atoms with Crippen molar-refractivity contribution >= 4 is 23.2 Å². The number of carbonyl (C=O) groups is 2. The van der Waals surface area contributed by atoms with Gasteiger partial charge < -0.3 is 14.2 Å². The number of alkyl halides is 3. The molecule has 1 aromatic carbocycles. The lowest BCUT2D eigenvalue weighted by atomic mass is 10.1. The highest BCUT2D eigenvalue weighted by molar-refractivity contribution is 7.13. The van der Waals surface area contributed by atoms with Crippen LogP contribution in [-0.4, -0.2) is 52.8 Å². The van der Waals surface area contributed by atoms with Crippen LogP contribution in [0.2, 0.25) is 0 Å². The summed E-state index contributed by atoms with van der Waals surface area (Å²) in [7, 11) is 0. The van der Waals surface area contributed by atoms with E-state index >= 15 is 0 Å². The van der Waals surface area contributed by atoms with Crippen LogP contribution in [0.15, 0.2) is 46.2 Å². The van der Waals surface area contributed by atoms with Crippen LogP contribution in [0.5, 0.6) is 0 Å². The van der Waals surface area contributed by atoms with E-state index in [0.29, 0.717) is 30.4 Å². The van der Waals surface area contributed by atoms with Gasteiger partial charge >= 0.3 is 6.18 Å². The SMILES string of the molecule is Cc1oc(-c2cccs2)nc1CC(=O)N1CCN(C(=O)c2cccc(C(F)(F)F)c2)CC1. The van der Waals surface area contributed by atoms with Crippen molar-refractivity contribution in [3.63, 3.8) is 0 Å². The van der Waals surface area contributed by atoms with Crippen molar-refractivity contribution in [3.05, 3.63) is 64.4 Å². The van der Waals surface area contributed by atoms with E-state index in [9.17, 15) is 22.8 Å². The van der Waals surface area contributed by atoms with E-state index in [0.717, 1.165) is 17.0 Å². The molecule has 0 atom stereocenters. The third kappa shape index (κ3) is 4.69. The zero-order valence-electron chi connectivity index (χ0n) is 17.2. The smallest absolute Gasteiger partial charge is 0.416 e. The number of rotatable bonds is 4. The molecule has 0 spiro atoms. The van der Waals surface area contributed by atoms with E-state index in [-0.39, 0.29) is 31.0 Å². The number of piperazine rings is 1. The van der Waals surface area contributed by atoms with Gasteiger partial charge in [0.05, 0.1) is 22.6 Å². The van der Waals surface area contributed by atoms with Crippen molar-refractivity contribution in [1.29, 1.82) is 0 Å². The first-order valence-corrected chi connectivity index (χ1v) is 10.8. The molecule has 0 aliphatic carbocycles. The van der Waals surface area contributed by atoms with Gasteiger partial charge in [-0.2, -0.15) is 13.2 Å². The molecule has 10 heteroatoms. The normalized spacial score (nSPS) is 14.6. The largest absolute Gasteiger partial charge is 0.440 e. The summed E-state index contributed by atoms with van der Waals surface area (Å²) in [6.07, 6.45) is -4.42. The van der Waals surface area contributed by atoms with E-state index in [1.807, 2.05) is 17.5 Å². The second-order valence-corrected chi connectivity index (χ2v) is 8.38. The topological polar surface area (TPSA) is 66.7 Å². The summed E-state index contributed by atoms with van der Waals surface area (Å²) in [6, 6.07) is 8.17. The molecule has 6 nitrogen and oxygen atoms in total. The third-order valence-corrected chi connectivity index (χ3v) is 6.16. The Morgan fingerprint density at radius 2 is 1.81 bits per heavy atom. The zero-order chi connectivity index (χ0) is 22.9. The molecule has 1 aliphatic heterocycles. The van der Waals surface area contributed by atoms with Gasteiger partial charge in [0.15, 0.2) is 0 Å². The predicted octanol–water partition coefficient (Wildman–Crippen LogP) is 4.26. The van der Waals surface area contributed by atoms with Crippen molar-refractivity contribution in [2.45, 2.75) is 19.5 Å². The number of halogens is 3. The Bertz CT molecular complexity index is 1120. The van der Waals surface area contributed by atoms with Gasteiger partial charge in [0.1, 0.15) is 5.76 Å². The highest BCUT2D eigenvalue weighted by Gasteiger charge is 2.32. The van der Waals surface area contributed by atoms with E-state index in [4.69, 9.17) is 4.42 Å². The third-order valence-electron chi connectivity index (χ3n) is 5.30. The van der Waals surface area contributed by atoms with Crippen LogP contribution in [-0.2, 0) is 17.4 Å². The van der Waals surface area contributed by atoms with Crippen LogP contribution < -0.4 is 0 Å². The van der Waals surface area contributed by atoms with Crippen molar-refractivity contribution < 1.29 is 27.2 Å². The predicted molar refractivity (Wildman–Crippen MR) is 112 cm³/mol. The molecule has 0 saturated carbocycles. The minimum Gasteiger partial charge on any atom is -0.440 e. The van der Waals surface area contributed by atoms with E-state index < -0.39 is 17.6 Å². The number of nitrogens with zero attached hydrogens (tertiary/aromatic N) is 3. The molecule has 3 heterocycles. The maximum Gasteiger partial charge on any atom is 0.416 e. The minimum atomic E-state index is -4.51. The highest BCUT2D eigenvalue weighted by Crippen LogP contribution is 2.30. The van der Waals surface area contributed by atoms with Gasteiger partial charge in [-0.05, 0) is 36.6 Å². The summed E-state index contributed by atoms with van der Waals surface area (Å²) >= 11 is 1.50. The number of hydrogen-bond donors (Lipinski definition) is 0. The summed E-state index contributed by atoms with van der Waals surface area (Å²) in [4.78, 5) is 33.8. The fourth-order valence-corrected chi connectivity index (χ4v) is 4.17. The highest BCUT2D eigenvalue weighted by atomic mass is 32.1. The molecule has 0 bridgehead atoms. The van der Waals surface area contributed by atoms with Gasteiger partial charge in [-0.25, -0.2) is 4.98 Å². The number of oxazole rings is 1. The summed E-state index contributed by atoms with van der Waals surface area (Å²) < 4.78 is 44.4. The number of amides is 2. The lowest BCUT2D eigenvalue weighted by Crippen LogP contribution is -2.51. The minimum absolute atomic E-state index is 0.0149. The number of benzene rings is 1. The molecular formula is C22H20F3N3O3S. The van der Waals surface area contributed by atoms with Gasteiger partial charge in [-0.1, -0.05) is 12.1 Å². The number of aromatic nitrogens is 1. The van der Waals surface area contributed by atoms with Crippen LogP contribution in [0.4, 0.5) is 13.2 Å². The molecule has 2 aromatic heterocycles. The van der Waals surface area contributed by atoms with Gasteiger partial charge in [0, 0.05) is 31.7 Å². The van der Waals surface area contributed by atoms with Gasteiger partial charge in [-0.3, -0.25) is 9.59 Å². The molecule has 3 aromatic rings. The molecule has 1 saturated heterocycles. The summed E-state index contributed by atoms with van der Waals surface area (Å²) in [5.74, 6) is 0.457. The Hall–Kier alpha value is -3.14. The molecule has 1 fully saturated rings. The number of thiophene rings is 1. The average Bonchev–Trinajstić information content (AvgIpc) is 3.43. The fourth-order valence-electron chi connectivity index (χ4n) is 3.52. The van der Waals surface area contributed by atoms with Crippen LogP contribution in [0.1, 0.15) is 27.4 Å². The average molecular weight is 463 g/mol. The summed E-state index contributed by atoms with van der Waals surface area (Å²) in [5.41, 5.74) is -0.304. The monoisotopic (exact) mass is 463 g/mol. The quantitative estimate of drug-likeness (QED) is 0.580. The molecule has 168 valence electrons. The first-order chi connectivity index (χ1) is 15.2. The maximum atomic E-state index is 12.9. The van der Waals surface area contributed by atoms with E-state index in [1.165, 1.54) is 28.4 Å². The Balaban J connectivity index is 1.36. The van der Waals surface area contributed by atoms with Crippen LogP contribution in [0.3, 0.4) is 0 Å². The molecule has 2 amide bonds. The lowest BCUT2D eigenvalue weighted by Gasteiger charge is -2.34. The molecule has 0 unspecified atom stereocenters. The molecule has 0 N–H and O–H groups in total. The summed E-state index contributed by atoms with van der Waals surface area (Å²) in [5, 5.41) is 1.92. The van der Waals surface area contributed by atoms with Crippen LogP contribution in [0.25, 0.3) is 10.8 Å². The number of carbonyl (C=O) groups excluding carboxylic acids is 2. The standard InChI is InChI=1S/C22H20F3N3O3S/c1-14-17(26-20(31-14)18-6-3-11-32-18)13-19(29)27-7-9-28(10-8-27)21(30)15-4-2-5-16(12-15)22(23,24)25/h2-6,11-12H,7-10,13H2,1H3. The van der Waals surface area contributed by atoms with Gasteiger partial charge in [-0.15, -0.1) is 11.3 Å². The number of aryl methyl sites for hydroxylation is 1. The Labute approximate surface area is 186 Å².